The number of urea groups is 1. The lowest BCUT2D eigenvalue weighted by atomic mass is 10.0. The number of para-hydroxylation sites is 2. The summed E-state index contributed by atoms with van der Waals surface area (Å²) in [5.41, 5.74) is 9.84. The molecule has 3 aromatic carbocycles. The van der Waals surface area contributed by atoms with E-state index >= 15 is 0 Å². The van der Waals surface area contributed by atoms with Crippen molar-refractivity contribution < 1.29 is 4.79 Å². The molecule has 2 amide bonds. The molecule has 182 valence electrons. The molecule has 35 heavy (non-hydrogen) atoms. The maximum absolute atomic E-state index is 13.1. The van der Waals surface area contributed by atoms with E-state index < -0.39 is 0 Å². The third-order valence-corrected chi connectivity index (χ3v) is 8.01. The first-order valence-electron chi connectivity index (χ1n) is 12.0. The molecule has 1 fully saturated rings. The van der Waals surface area contributed by atoms with Crippen LogP contribution in [0, 0.1) is 0 Å². The highest BCUT2D eigenvalue weighted by atomic mass is 35.5. The predicted octanol–water partition coefficient (Wildman–Crippen LogP) is 5.29. The summed E-state index contributed by atoms with van der Waals surface area (Å²) in [5.74, 6) is 0. The first-order chi connectivity index (χ1) is 17.1. The molecule has 3 aromatic rings. The summed E-state index contributed by atoms with van der Waals surface area (Å²) in [5, 5.41) is 6.99. The number of likely N-dealkylation sites (tertiary alicyclic amines) is 1. The molecule has 5 rings (SSSR count). The average molecular weight is 508 g/mol. The lowest BCUT2D eigenvalue weighted by Crippen LogP contribution is -2.51. The molecule has 0 bridgehead atoms. The third-order valence-electron chi connectivity index (χ3n) is 6.56. The highest BCUT2D eigenvalue weighted by Crippen LogP contribution is 2.49. The van der Waals surface area contributed by atoms with E-state index in [9.17, 15) is 4.79 Å². The van der Waals surface area contributed by atoms with Crippen molar-refractivity contribution in [3.05, 3.63) is 88.9 Å². The fraction of sp³-hybridized carbons (Fsp3) is 0.296. The zero-order valence-corrected chi connectivity index (χ0v) is 21.1. The number of hydrogen-bond acceptors (Lipinski definition) is 5. The van der Waals surface area contributed by atoms with Gasteiger partial charge in [0.25, 0.3) is 0 Å². The monoisotopic (exact) mass is 507 g/mol. The van der Waals surface area contributed by atoms with Crippen LogP contribution in [0.2, 0.25) is 5.02 Å². The molecule has 0 spiro atoms. The SMILES string of the molecule is NCc1cccc(Cl)c1N1c2ccccc2SC1NC(=O)NC1CCN(Cc2ccccc2)CC1. The van der Waals surface area contributed by atoms with Crippen LogP contribution in [0.4, 0.5) is 16.2 Å². The minimum absolute atomic E-state index is 0.157. The number of nitrogens with zero attached hydrogens (tertiary/aromatic N) is 2. The molecule has 4 N–H and O–H groups in total. The van der Waals surface area contributed by atoms with Crippen molar-refractivity contribution in [3.63, 3.8) is 0 Å². The molecular weight excluding hydrogens is 478 g/mol. The van der Waals surface area contributed by atoms with E-state index in [0.29, 0.717) is 11.6 Å². The second-order valence-electron chi connectivity index (χ2n) is 8.91. The number of amides is 2. The highest BCUT2D eigenvalue weighted by molar-refractivity contribution is 8.00. The summed E-state index contributed by atoms with van der Waals surface area (Å²) in [6, 6.07) is 24.4. The molecule has 0 saturated carbocycles. The van der Waals surface area contributed by atoms with Crippen LogP contribution in [0.3, 0.4) is 0 Å². The quantitative estimate of drug-likeness (QED) is 0.423. The Hall–Kier alpha value is -2.71. The van der Waals surface area contributed by atoms with Crippen LogP contribution < -0.4 is 21.3 Å². The van der Waals surface area contributed by atoms with Gasteiger partial charge in [0.15, 0.2) is 5.50 Å². The van der Waals surface area contributed by atoms with Gasteiger partial charge in [0.1, 0.15) is 0 Å². The fourth-order valence-corrected chi connectivity index (χ4v) is 6.26. The van der Waals surface area contributed by atoms with Crippen LogP contribution in [-0.4, -0.2) is 35.6 Å². The third kappa shape index (κ3) is 5.43. The van der Waals surface area contributed by atoms with Gasteiger partial charge >= 0.3 is 6.03 Å². The van der Waals surface area contributed by atoms with Crippen LogP contribution in [-0.2, 0) is 13.1 Å². The Labute approximate surface area is 215 Å². The van der Waals surface area contributed by atoms with E-state index in [1.165, 1.54) is 5.56 Å². The molecule has 6 nitrogen and oxygen atoms in total. The lowest BCUT2D eigenvalue weighted by molar-refractivity contribution is 0.186. The smallest absolute Gasteiger partial charge is 0.317 e. The number of hydrogen-bond donors (Lipinski definition) is 3. The van der Waals surface area contributed by atoms with E-state index in [1.807, 2.05) is 42.5 Å². The molecule has 0 aliphatic carbocycles. The van der Waals surface area contributed by atoms with Gasteiger partial charge < -0.3 is 21.3 Å². The number of carbonyl (C=O) groups excluding carboxylic acids is 1. The summed E-state index contributed by atoms with van der Waals surface area (Å²) in [6.45, 7) is 3.25. The minimum Gasteiger partial charge on any atom is -0.335 e. The van der Waals surface area contributed by atoms with E-state index in [4.69, 9.17) is 17.3 Å². The average Bonchev–Trinajstić information content (AvgIpc) is 3.23. The largest absolute Gasteiger partial charge is 0.335 e. The summed E-state index contributed by atoms with van der Waals surface area (Å²) in [4.78, 5) is 18.7. The molecular formula is C27H30ClN5OS. The molecule has 1 atom stereocenters. The van der Waals surface area contributed by atoms with Crippen molar-refractivity contribution in [2.24, 2.45) is 5.73 Å². The number of benzene rings is 3. The Balaban J connectivity index is 1.24. The fourth-order valence-electron chi connectivity index (χ4n) is 4.80. The number of nitrogens with one attached hydrogen (secondary N) is 2. The molecule has 2 heterocycles. The summed E-state index contributed by atoms with van der Waals surface area (Å²) >= 11 is 8.25. The minimum atomic E-state index is -0.323. The van der Waals surface area contributed by atoms with Gasteiger partial charge in [-0.25, -0.2) is 4.79 Å². The van der Waals surface area contributed by atoms with Crippen molar-refractivity contribution in [1.82, 2.24) is 15.5 Å². The van der Waals surface area contributed by atoms with Gasteiger partial charge in [0, 0.05) is 37.1 Å². The van der Waals surface area contributed by atoms with E-state index in [1.54, 1.807) is 11.8 Å². The van der Waals surface area contributed by atoms with Gasteiger partial charge in [0.2, 0.25) is 0 Å². The molecule has 0 radical (unpaired) electrons. The molecule has 1 unspecified atom stereocenters. The number of thioether (sulfide) groups is 1. The van der Waals surface area contributed by atoms with Crippen molar-refractivity contribution in [1.29, 1.82) is 0 Å². The van der Waals surface area contributed by atoms with E-state index in [-0.39, 0.29) is 17.6 Å². The maximum Gasteiger partial charge on any atom is 0.317 e. The summed E-state index contributed by atoms with van der Waals surface area (Å²) in [7, 11) is 0. The topological polar surface area (TPSA) is 73.6 Å². The second-order valence-corrected chi connectivity index (χ2v) is 10.4. The Bertz CT molecular complexity index is 1170. The van der Waals surface area contributed by atoms with Gasteiger partial charge in [-0.3, -0.25) is 4.90 Å². The number of anilines is 2. The van der Waals surface area contributed by atoms with Crippen LogP contribution in [0.15, 0.2) is 77.7 Å². The Morgan fingerprint density at radius 2 is 1.71 bits per heavy atom. The molecule has 0 aromatic heterocycles. The zero-order valence-electron chi connectivity index (χ0n) is 19.5. The predicted molar refractivity (Wildman–Crippen MR) is 144 cm³/mol. The van der Waals surface area contributed by atoms with E-state index in [0.717, 1.165) is 54.3 Å². The summed E-state index contributed by atoms with van der Waals surface area (Å²) < 4.78 is 0. The summed E-state index contributed by atoms with van der Waals surface area (Å²) in [6.07, 6.45) is 1.87. The van der Waals surface area contributed by atoms with Crippen molar-refractivity contribution in [2.45, 2.75) is 42.4 Å². The Kier molecular flexibility index (Phi) is 7.48. The molecule has 2 aliphatic rings. The highest BCUT2D eigenvalue weighted by Gasteiger charge is 2.35. The van der Waals surface area contributed by atoms with Crippen LogP contribution >= 0.6 is 23.4 Å². The van der Waals surface area contributed by atoms with Crippen molar-refractivity contribution in [3.8, 4) is 0 Å². The lowest BCUT2D eigenvalue weighted by Gasteiger charge is -2.33. The number of halogens is 1. The molecule has 8 heteroatoms. The maximum atomic E-state index is 13.1. The van der Waals surface area contributed by atoms with Gasteiger partial charge in [-0.2, -0.15) is 0 Å². The van der Waals surface area contributed by atoms with Gasteiger partial charge in [0.05, 0.1) is 16.4 Å². The molecule has 2 aliphatic heterocycles. The number of carbonyl (C=O) groups is 1. The second kappa shape index (κ2) is 10.9. The standard InChI is InChI=1S/C27H30ClN5OS/c28-22-10-6-9-20(17-29)25(22)33-23-11-4-5-12-24(23)35-27(33)31-26(34)30-21-13-15-32(16-14-21)18-19-7-2-1-3-8-19/h1-12,21,27H,13-18,29H2,(H2,30,31,34). The van der Waals surface area contributed by atoms with Gasteiger partial charge in [-0.1, -0.05) is 78.0 Å². The van der Waals surface area contributed by atoms with Crippen molar-refractivity contribution in [2.75, 3.05) is 18.0 Å². The Morgan fingerprint density at radius 3 is 2.49 bits per heavy atom. The van der Waals surface area contributed by atoms with Crippen LogP contribution in [0.25, 0.3) is 0 Å². The Morgan fingerprint density at radius 1 is 0.971 bits per heavy atom. The van der Waals surface area contributed by atoms with Crippen LogP contribution in [0.1, 0.15) is 24.0 Å². The normalized spacial score (nSPS) is 18.3. The van der Waals surface area contributed by atoms with Gasteiger partial charge in [-0.05, 0) is 42.2 Å². The molecule has 1 saturated heterocycles. The van der Waals surface area contributed by atoms with Gasteiger partial charge in [-0.15, -0.1) is 0 Å². The number of piperidine rings is 1. The van der Waals surface area contributed by atoms with Crippen LogP contribution in [0.5, 0.6) is 0 Å². The van der Waals surface area contributed by atoms with E-state index in [2.05, 4.69) is 50.8 Å². The zero-order chi connectivity index (χ0) is 24.2. The number of fused-ring (bicyclic) bond motifs is 1. The first-order valence-corrected chi connectivity index (χ1v) is 13.2. The number of rotatable bonds is 6. The first kappa shape index (κ1) is 24.0. The van der Waals surface area contributed by atoms with Crippen molar-refractivity contribution >= 4 is 40.8 Å². The number of nitrogens with two attached hydrogens (primary N) is 1.